The molecule has 1 aliphatic carbocycles. The fourth-order valence-electron chi connectivity index (χ4n) is 5.04. The lowest BCUT2D eigenvalue weighted by Crippen LogP contribution is -2.37. The van der Waals surface area contributed by atoms with Crippen LogP contribution in [0.5, 0.6) is 5.75 Å². The average Bonchev–Trinajstić information content (AvgIpc) is 2.98. The Balaban J connectivity index is 1.67. The molecule has 2 atom stereocenters. The number of nitrogens with one attached hydrogen (secondary N) is 1. The number of ketones is 1. The van der Waals surface area contributed by atoms with E-state index in [1.807, 2.05) is 48.5 Å². The van der Waals surface area contributed by atoms with Crippen molar-refractivity contribution in [2.75, 3.05) is 17.3 Å². The Morgan fingerprint density at radius 2 is 1.76 bits per heavy atom. The number of benzene rings is 3. The molecule has 0 saturated heterocycles. The molecular formula is C28H25FN2O3. The molecule has 0 unspecified atom stereocenters. The predicted molar refractivity (Wildman–Crippen MR) is 129 cm³/mol. The SMILES string of the molecule is COc1ccc([C@@H]2CC(=O)C3=C(C2)Nc2ccccc2N(C(C)=O)[C@@H]3c2cccc(F)c2)cc1. The van der Waals surface area contributed by atoms with Gasteiger partial charge in [0.25, 0.3) is 0 Å². The first-order valence-corrected chi connectivity index (χ1v) is 11.3. The number of hydrogen-bond donors (Lipinski definition) is 1. The largest absolute Gasteiger partial charge is 0.497 e. The van der Waals surface area contributed by atoms with Gasteiger partial charge < -0.3 is 10.1 Å². The van der Waals surface area contributed by atoms with E-state index in [1.54, 1.807) is 24.1 Å². The lowest BCUT2D eigenvalue weighted by Gasteiger charge is -2.34. The third kappa shape index (κ3) is 3.85. The molecule has 0 radical (unpaired) electrons. The lowest BCUT2D eigenvalue weighted by molar-refractivity contribution is -0.117. The van der Waals surface area contributed by atoms with Crippen LogP contribution in [0.2, 0.25) is 0 Å². The smallest absolute Gasteiger partial charge is 0.224 e. The summed E-state index contributed by atoms with van der Waals surface area (Å²) >= 11 is 0. The molecule has 34 heavy (non-hydrogen) atoms. The van der Waals surface area contributed by atoms with Gasteiger partial charge in [0.1, 0.15) is 11.6 Å². The molecule has 5 nitrogen and oxygen atoms in total. The van der Waals surface area contributed by atoms with Crippen LogP contribution in [0.3, 0.4) is 0 Å². The van der Waals surface area contributed by atoms with E-state index in [1.165, 1.54) is 19.1 Å². The highest BCUT2D eigenvalue weighted by Crippen LogP contribution is 2.47. The minimum Gasteiger partial charge on any atom is -0.497 e. The number of carbonyl (C=O) groups excluding carboxylic acids is 2. The topological polar surface area (TPSA) is 58.6 Å². The Bertz CT molecular complexity index is 1300. The monoisotopic (exact) mass is 456 g/mol. The average molecular weight is 457 g/mol. The molecule has 3 aromatic rings. The van der Waals surface area contributed by atoms with Crippen LogP contribution in [0.1, 0.15) is 42.9 Å². The van der Waals surface area contributed by atoms with Crippen LogP contribution in [0.15, 0.2) is 84.1 Å². The molecule has 1 N–H and O–H groups in total. The summed E-state index contributed by atoms with van der Waals surface area (Å²) in [7, 11) is 1.62. The van der Waals surface area contributed by atoms with Crippen LogP contribution in [0.4, 0.5) is 15.8 Å². The first kappa shape index (κ1) is 21.9. The lowest BCUT2D eigenvalue weighted by atomic mass is 9.78. The van der Waals surface area contributed by atoms with Crippen molar-refractivity contribution in [2.24, 2.45) is 0 Å². The van der Waals surface area contributed by atoms with Crippen molar-refractivity contribution in [3.05, 3.63) is 101 Å². The Morgan fingerprint density at radius 1 is 1.00 bits per heavy atom. The molecular weight excluding hydrogens is 431 g/mol. The van der Waals surface area contributed by atoms with Gasteiger partial charge in [-0.1, -0.05) is 36.4 Å². The van der Waals surface area contributed by atoms with Gasteiger partial charge in [-0.25, -0.2) is 4.39 Å². The Hall–Kier alpha value is -3.93. The first-order valence-electron chi connectivity index (χ1n) is 11.3. The fraction of sp³-hybridized carbons (Fsp3) is 0.214. The number of rotatable bonds is 3. The van der Waals surface area contributed by atoms with Gasteiger partial charge in [-0.05, 0) is 59.9 Å². The number of anilines is 2. The molecule has 1 heterocycles. The van der Waals surface area contributed by atoms with Gasteiger partial charge in [-0.2, -0.15) is 0 Å². The molecule has 1 aliphatic heterocycles. The number of carbonyl (C=O) groups is 2. The van der Waals surface area contributed by atoms with Gasteiger partial charge in [0, 0.05) is 24.6 Å². The summed E-state index contributed by atoms with van der Waals surface area (Å²) in [5.41, 5.74) is 4.30. The van der Waals surface area contributed by atoms with Crippen molar-refractivity contribution in [3.63, 3.8) is 0 Å². The van der Waals surface area contributed by atoms with Crippen molar-refractivity contribution >= 4 is 23.1 Å². The number of ether oxygens (including phenoxy) is 1. The van der Waals surface area contributed by atoms with E-state index in [4.69, 9.17) is 4.74 Å². The zero-order valence-corrected chi connectivity index (χ0v) is 19.0. The number of nitrogens with zero attached hydrogens (tertiary/aromatic N) is 1. The number of allylic oxidation sites excluding steroid dienone is 1. The molecule has 0 bridgehead atoms. The van der Waals surface area contributed by atoms with E-state index >= 15 is 0 Å². The van der Waals surface area contributed by atoms with E-state index in [0.29, 0.717) is 29.7 Å². The van der Waals surface area contributed by atoms with Crippen LogP contribution in [-0.4, -0.2) is 18.8 Å². The Kier molecular flexibility index (Phi) is 5.65. The highest BCUT2D eigenvalue weighted by molar-refractivity contribution is 6.06. The predicted octanol–water partition coefficient (Wildman–Crippen LogP) is 5.75. The number of fused-ring (bicyclic) bond motifs is 1. The van der Waals surface area contributed by atoms with Crippen LogP contribution in [-0.2, 0) is 9.59 Å². The summed E-state index contributed by atoms with van der Waals surface area (Å²) in [6, 6.07) is 20.7. The van der Waals surface area contributed by atoms with Crippen LogP contribution in [0, 0.1) is 5.82 Å². The fourth-order valence-corrected chi connectivity index (χ4v) is 5.04. The van der Waals surface area contributed by atoms with Crippen molar-refractivity contribution in [1.29, 1.82) is 0 Å². The molecule has 1 amide bonds. The molecule has 3 aromatic carbocycles. The third-order valence-electron chi connectivity index (χ3n) is 6.58. The molecule has 0 spiro atoms. The van der Waals surface area contributed by atoms with Gasteiger partial charge in [-0.15, -0.1) is 0 Å². The first-order chi connectivity index (χ1) is 16.5. The number of Topliss-reactive ketones (excluding diaryl/α,β-unsaturated/α-hetero) is 1. The van der Waals surface area contributed by atoms with E-state index in [0.717, 1.165) is 22.7 Å². The summed E-state index contributed by atoms with van der Waals surface area (Å²) in [5, 5.41) is 3.46. The van der Waals surface area contributed by atoms with Crippen LogP contribution < -0.4 is 15.0 Å². The Labute approximate surface area is 197 Å². The molecule has 0 saturated carbocycles. The maximum atomic E-state index is 14.3. The van der Waals surface area contributed by atoms with Crippen LogP contribution in [0.25, 0.3) is 0 Å². The quantitative estimate of drug-likeness (QED) is 0.545. The number of hydrogen-bond acceptors (Lipinski definition) is 4. The second-order valence-electron chi connectivity index (χ2n) is 8.68. The molecule has 6 heteroatoms. The number of methoxy groups -OCH3 is 1. The second-order valence-corrected chi connectivity index (χ2v) is 8.68. The summed E-state index contributed by atoms with van der Waals surface area (Å²) in [4.78, 5) is 28.3. The molecule has 0 aromatic heterocycles. The van der Waals surface area contributed by atoms with Crippen molar-refractivity contribution in [1.82, 2.24) is 0 Å². The zero-order chi connectivity index (χ0) is 23.8. The molecule has 172 valence electrons. The van der Waals surface area contributed by atoms with Gasteiger partial charge in [0.2, 0.25) is 5.91 Å². The molecule has 2 aliphatic rings. The van der Waals surface area contributed by atoms with Crippen molar-refractivity contribution < 1.29 is 18.7 Å². The van der Waals surface area contributed by atoms with Gasteiger partial charge in [-0.3, -0.25) is 14.5 Å². The minimum absolute atomic E-state index is 0.0196. The molecule has 5 rings (SSSR count). The van der Waals surface area contributed by atoms with Gasteiger partial charge in [0.05, 0.1) is 24.5 Å². The van der Waals surface area contributed by atoms with E-state index < -0.39 is 11.9 Å². The zero-order valence-electron chi connectivity index (χ0n) is 19.0. The summed E-state index contributed by atoms with van der Waals surface area (Å²) in [6.07, 6.45) is 0.903. The number of halogens is 1. The normalized spacial score (nSPS) is 19.6. The molecule has 0 fully saturated rings. The summed E-state index contributed by atoms with van der Waals surface area (Å²) in [5.74, 6) is 0.0580. The highest BCUT2D eigenvalue weighted by Gasteiger charge is 2.40. The van der Waals surface area contributed by atoms with Gasteiger partial charge in [0.15, 0.2) is 5.78 Å². The van der Waals surface area contributed by atoms with Gasteiger partial charge >= 0.3 is 0 Å². The second kappa shape index (κ2) is 8.78. The standard InChI is InChI=1S/C28H25FN2O3/c1-17(32)31-25-9-4-3-8-23(25)30-24-15-20(18-10-12-22(34-2)13-11-18)16-26(33)27(24)28(31)19-6-5-7-21(29)14-19/h3-14,20,28,30H,15-16H2,1-2H3/t20-,28+/m0/s1. The maximum Gasteiger partial charge on any atom is 0.224 e. The number of para-hydroxylation sites is 2. The minimum atomic E-state index is -0.719. The van der Waals surface area contributed by atoms with E-state index in [9.17, 15) is 14.0 Å². The van der Waals surface area contributed by atoms with E-state index in [2.05, 4.69) is 5.32 Å². The summed E-state index contributed by atoms with van der Waals surface area (Å²) in [6.45, 7) is 1.47. The number of amides is 1. The maximum absolute atomic E-state index is 14.3. The van der Waals surface area contributed by atoms with Crippen molar-refractivity contribution in [3.8, 4) is 5.75 Å². The highest BCUT2D eigenvalue weighted by atomic mass is 19.1. The third-order valence-corrected chi connectivity index (χ3v) is 6.58. The van der Waals surface area contributed by atoms with E-state index in [-0.39, 0.29) is 17.6 Å². The Morgan fingerprint density at radius 3 is 2.47 bits per heavy atom. The van der Waals surface area contributed by atoms with Crippen molar-refractivity contribution in [2.45, 2.75) is 31.7 Å². The van der Waals surface area contributed by atoms with Crippen LogP contribution >= 0.6 is 0 Å². The summed E-state index contributed by atoms with van der Waals surface area (Å²) < 4.78 is 19.6.